The molecule has 1 aromatic carbocycles. The van der Waals surface area contributed by atoms with Gasteiger partial charge in [-0.15, -0.1) is 10.2 Å². The Bertz CT molecular complexity index is 787. The maximum atomic E-state index is 5.63. The maximum absolute atomic E-state index is 5.63. The van der Waals surface area contributed by atoms with Gasteiger partial charge in [0.05, 0.1) is 5.75 Å². The van der Waals surface area contributed by atoms with Gasteiger partial charge in [0.15, 0.2) is 12.4 Å². The Hall–Kier alpha value is -2.35. The summed E-state index contributed by atoms with van der Waals surface area (Å²) in [5, 5.41) is 12.3. The lowest BCUT2D eigenvalue weighted by Crippen LogP contribution is -1.95. The smallest absolute Gasteiger partial charge is 0.277 e. The van der Waals surface area contributed by atoms with Gasteiger partial charge in [-0.3, -0.25) is 0 Å². The number of aromatic nitrogens is 4. The van der Waals surface area contributed by atoms with Gasteiger partial charge in [0.1, 0.15) is 5.75 Å². The maximum Gasteiger partial charge on any atom is 0.277 e. The third-order valence-electron chi connectivity index (χ3n) is 3.10. The number of nitrogens with zero attached hydrogens (tertiary/aromatic N) is 4. The number of benzene rings is 1. The molecule has 0 spiro atoms. The third-order valence-corrected chi connectivity index (χ3v) is 3.91. The van der Waals surface area contributed by atoms with Crippen molar-refractivity contribution in [3.8, 4) is 5.75 Å². The number of hydrogen-bond acceptors (Lipinski definition) is 8. The van der Waals surface area contributed by atoms with Crippen molar-refractivity contribution in [1.29, 1.82) is 0 Å². The number of hydrogen-bond donors (Lipinski definition) is 0. The fourth-order valence-electron chi connectivity index (χ4n) is 2.00. The standard InChI is InChI=1S/C16H18N4O3S/c1-3-5-13-17-15(23-20-13)10-24-16-19-18-14(22-16)9-21-12-7-4-6-11(2)8-12/h4,6-8H,3,5,9-10H2,1-2H3. The van der Waals surface area contributed by atoms with E-state index >= 15 is 0 Å². The van der Waals surface area contributed by atoms with E-state index in [1.54, 1.807) is 0 Å². The fraction of sp³-hybridized carbons (Fsp3) is 0.375. The van der Waals surface area contributed by atoms with Crippen LogP contribution in [0.25, 0.3) is 0 Å². The first kappa shape index (κ1) is 16.5. The largest absolute Gasteiger partial charge is 0.484 e. The zero-order chi connectivity index (χ0) is 16.8. The molecule has 0 fully saturated rings. The van der Waals surface area contributed by atoms with Crippen molar-refractivity contribution >= 4 is 11.8 Å². The van der Waals surface area contributed by atoms with Crippen molar-refractivity contribution in [1.82, 2.24) is 20.3 Å². The first-order valence-electron chi connectivity index (χ1n) is 7.69. The highest BCUT2D eigenvalue weighted by atomic mass is 32.2. The van der Waals surface area contributed by atoms with E-state index < -0.39 is 0 Å². The molecule has 0 bridgehead atoms. The summed E-state index contributed by atoms with van der Waals surface area (Å²) in [7, 11) is 0. The summed E-state index contributed by atoms with van der Waals surface area (Å²) in [5.41, 5.74) is 1.14. The molecular weight excluding hydrogens is 328 g/mol. The van der Waals surface area contributed by atoms with Crippen LogP contribution in [-0.4, -0.2) is 20.3 Å². The molecule has 0 atom stereocenters. The molecule has 0 saturated heterocycles. The molecule has 0 N–H and O–H groups in total. The van der Waals surface area contributed by atoms with Gasteiger partial charge in [-0.05, 0) is 31.0 Å². The molecule has 0 radical (unpaired) electrons. The van der Waals surface area contributed by atoms with Crippen LogP contribution in [0.1, 0.15) is 36.5 Å². The average molecular weight is 346 g/mol. The highest BCUT2D eigenvalue weighted by Crippen LogP contribution is 2.21. The summed E-state index contributed by atoms with van der Waals surface area (Å²) >= 11 is 1.36. The highest BCUT2D eigenvalue weighted by molar-refractivity contribution is 7.98. The molecule has 0 amide bonds. The first-order valence-corrected chi connectivity index (χ1v) is 8.67. The minimum absolute atomic E-state index is 0.234. The molecule has 3 rings (SSSR count). The molecule has 0 unspecified atom stereocenters. The molecule has 0 aliphatic carbocycles. The second-order valence-corrected chi connectivity index (χ2v) is 6.14. The predicted molar refractivity (Wildman–Crippen MR) is 87.7 cm³/mol. The van der Waals surface area contributed by atoms with E-state index in [2.05, 4.69) is 27.3 Å². The number of rotatable bonds is 8. The van der Waals surface area contributed by atoms with Crippen molar-refractivity contribution in [3.05, 3.63) is 47.4 Å². The summed E-state index contributed by atoms with van der Waals surface area (Å²) in [4.78, 5) is 4.29. The van der Waals surface area contributed by atoms with E-state index in [1.165, 1.54) is 11.8 Å². The summed E-state index contributed by atoms with van der Waals surface area (Å²) in [6.07, 6.45) is 1.80. The van der Waals surface area contributed by atoms with E-state index in [4.69, 9.17) is 13.7 Å². The number of ether oxygens (including phenoxy) is 1. The van der Waals surface area contributed by atoms with Crippen molar-refractivity contribution < 1.29 is 13.7 Å². The quantitative estimate of drug-likeness (QED) is 0.572. The molecule has 24 heavy (non-hydrogen) atoms. The number of thioether (sulfide) groups is 1. The Morgan fingerprint density at radius 2 is 2.12 bits per heavy atom. The molecule has 7 nitrogen and oxygen atoms in total. The van der Waals surface area contributed by atoms with Gasteiger partial charge in [0.25, 0.3) is 11.1 Å². The normalized spacial score (nSPS) is 10.9. The summed E-state index contributed by atoms with van der Waals surface area (Å²) in [6.45, 7) is 4.32. The van der Waals surface area contributed by atoms with Crippen LogP contribution in [0.2, 0.25) is 0 Å². The summed E-state index contributed by atoms with van der Waals surface area (Å²) < 4.78 is 16.3. The van der Waals surface area contributed by atoms with Gasteiger partial charge >= 0.3 is 0 Å². The van der Waals surface area contributed by atoms with Gasteiger partial charge in [-0.2, -0.15) is 4.98 Å². The Morgan fingerprint density at radius 1 is 1.21 bits per heavy atom. The molecule has 2 aromatic heterocycles. The van der Waals surface area contributed by atoms with E-state index in [1.807, 2.05) is 31.2 Å². The topological polar surface area (TPSA) is 87.1 Å². The van der Waals surface area contributed by atoms with E-state index in [0.29, 0.717) is 22.8 Å². The van der Waals surface area contributed by atoms with Crippen LogP contribution >= 0.6 is 11.8 Å². The van der Waals surface area contributed by atoms with Gasteiger partial charge in [-0.25, -0.2) is 0 Å². The molecule has 0 aliphatic heterocycles. The molecular formula is C16H18N4O3S. The zero-order valence-corrected chi connectivity index (χ0v) is 14.4. The van der Waals surface area contributed by atoms with Crippen LogP contribution in [0, 0.1) is 6.92 Å². The fourth-order valence-corrected chi connectivity index (χ4v) is 2.62. The van der Waals surface area contributed by atoms with Gasteiger partial charge in [0, 0.05) is 6.42 Å². The lowest BCUT2D eigenvalue weighted by atomic mass is 10.2. The Labute approximate surface area is 143 Å². The lowest BCUT2D eigenvalue weighted by molar-refractivity contribution is 0.252. The average Bonchev–Trinajstić information content (AvgIpc) is 3.21. The molecule has 0 aliphatic rings. The van der Waals surface area contributed by atoms with Gasteiger partial charge in [0.2, 0.25) is 5.89 Å². The van der Waals surface area contributed by atoms with Crippen molar-refractivity contribution in [2.75, 3.05) is 0 Å². The SMILES string of the molecule is CCCc1noc(CSc2nnc(COc3cccc(C)c3)o2)n1. The second kappa shape index (κ2) is 7.96. The van der Waals surface area contributed by atoms with Gasteiger partial charge < -0.3 is 13.7 Å². The second-order valence-electron chi connectivity index (χ2n) is 5.21. The Morgan fingerprint density at radius 3 is 2.96 bits per heavy atom. The van der Waals surface area contributed by atoms with E-state index in [-0.39, 0.29) is 6.61 Å². The molecule has 0 saturated carbocycles. The molecule has 2 heterocycles. The van der Waals surface area contributed by atoms with Crippen LogP contribution < -0.4 is 4.74 Å². The van der Waals surface area contributed by atoms with Crippen molar-refractivity contribution in [3.63, 3.8) is 0 Å². The number of aryl methyl sites for hydroxylation is 2. The van der Waals surface area contributed by atoms with Crippen LogP contribution in [0.4, 0.5) is 0 Å². The Kier molecular flexibility index (Phi) is 5.47. The monoisotopic (exact) mass is 346 g/mol. The summed E-state index contributed by atoms with van der Waals surface area (Å²) in [5.74, 6) is 2.98. The van der Waals surface area contributed by atoms with Crippen LogP contribution in [-0.2, 0) is 18.8 Å². The molecule has 8 heteroatoms. The lowest BCUT2D eigenvalue weighted by Gasteiger charge is -2.03. The minimum atomic E-state index is 0.234. The molecule has 3 aromatic rings. The van der Waals surface area contributed by atoms with Crippen LogP contribution in [0.15, 0.2) is 38.4 Å². The first-order chi connectivity index (χ1) is 11.7. The Balaban J connectivity index is 1.49. The van der Waals surface area contributed by atoms with Crippen LogP contribution in [0.5, 0.6) is 5.75 Å². The van der Waals surface area contributed by atoms with Crippen molar-refractivity contribution in [2.24, 2.45) is 0 Å². The zero-order valence-electron chi connectivity index (χ0n) is 13.6. The van der Waals surface area contributed by atoms with E-state index in [0.717, 1.165) is 30.0 Å². The molecule has 126 valence electrons. The predicted octanol–water partition coefficient (Wildman–Crippen LogP) is 3.58. The highest BCUT2D eigenvalue weighted by Gasteiger charge is 2.11. The van der Waals surface area contributed by atoms with Gasteiger partial charge in [-0.1, -0.05) is 36.0 Å². The van der Waals surface area contributed by atoms with E-state index in [9.17, 15) is 0 Å². The third kappa shape index (κ3) is 4.58. The van der Waals surface area contributed by atoms with Crippen LogP contribution in [0.3, 0.4) is 0 Å². The minimum Gasteiger partial charge on any atom is -0.484 e. The van der Waals surface area contributed by atoms with Crippen molar-refractivity contribution in [2.45, 2.75) is 44.3 Å². The summed E-state index contributed by atoms with van der Waals surface area (Å²) in [6, 6.07) is 7.80.